The number of hydrogen-bond acceptors (Lipinski definition) is 6. The third-order valence-corrected chi connectivity index (χ3v) is 22.0. The molecule has 6 heteroatoms. The summed E-state index contributed by atoms with van der Waals surface area (Å²) in [4.78, 5) is 7.55. The Morgan fingerprint density at radius 3 is 1.27 bits per heavy atom. The lowest BCUT2D eigenvalue weighted by molar-refractivity contribution is 1.29. The standard InChI is InChI=1S/C44H25NS2.C33H17NS2/c1-2-12-29(13-3-1)45(31-20-19-26-9-4-5-10-27(26)23-31)30-14-6-11-28(24-30)35-25-39-44-41-33(16-8-18-37(41)47-39)32-15-7-17-36-40(32)43-38(46-36)22-21-34(35)42(43)44;1-2-7-18(8-3-1)23-11-6-12-24(34-23)22-17-28-33-30-20(10-5-14-26(30)36-28)19-9-4-13-25-29(19)32-27(35-25)16-15-21(22)31(32)33/h1-25H;1-17H. The van der Waals surface area contributed by atoms with Gasteiger partial charge in [-0.2, -0.15) is 0 Å². The minimum atomic E-state index is 1.01. The van der Waals surface area contributed by atoms with Gasteiger partial charge in [0.15, 0.2) is 0 Å². The summed E-state index contributed by atoms with van der Waals surface area (Å²) < 4.78 is 10.9. The molecule has 0 N–H and O–H groups in total. The third kappa shape index (κ3) is 6.66. The fourth-order valence-electron chi connectivity index (χ4n) is 14.1. The largest absolute Gasteiger partial charge is 0.310 e. The average Bonchev–Trinajstić information content (AvgIpc) is 2.53. The lowest BCUT2D eigenvalue weighted by Gasteiger charge is -2.26. The number of benzene rings is 13. The molecule has 0 bridgehead atoms. The van der Waals surface area contributed by atoms with Crippen molar-refractivity contribution in [3.05, 3.63) is 255 Å². The molecule has 0 spiro atoms. The van der Waals surface area contributed by atoms with Crippen LogP contribution in [-0.4, -0.2) is 4.98 Å². The van der Waals surface area contributed by atoms with Gasteiger partial charge in [-0.15, -0.1) is 45.3 Å². The van der Waals surface area contributed by atoms with E-state index in [-0.39, 0.29) is 0 Å². The predicted molar refractivity (Wildman–Crippen MR) is 364 cm³/mol. The van der Waals surface area contributed by atoms with Crippen LogP contribution in [0.2, 0.25) is 0 Å². The molecule has 0 unspecified atom stereocenters. The van der Waals surface area contributed by atoms with Crippen LogP contribution >= 0.6 is 45.3 Å². The molecule has 384 valence electrons. The number of pyridine rings is 1. The van der Waals surface area contributed by atoms with E-state index < -0.39 is 0 Å². The summed E-state index contributed by atoms with van der Waals surface area (Å²) >= 11 is 7.66. The Morgan fingerprint density at radius 2 is 0.663 bits per heavy atom. The van der Waals surface area contributed by atoms with Gasteiger partial charge >= 0.3 is 0 Å². The van der Waals surface area contributed by atoms with Gasteiger partial charge in [-0.3, -0.25) is 0 Å². The molecule has 0 saturated heterocycles. The second-order valence-corrected chi connectivity index (χ2v) is 26.3. The van der Waals surface area contributed by atoms with Crippen LogP contribution in [0.1, 0.15) is 0 Å². The molecule has 5 heterocycles. The van der Waals surface area contributed by atoms with Crippen molar-refractivity contribution in [3.63, 3.8) is 0 Å². The highest BCUT2D eigenvalue weighted by atomic mass is 32.1. The Kier molecular flexibility index (Phi) is 9.72. The van der Waals surface area contributed by atoms with Gasteiger partial charge in [0, 0.05) is 120 Å². The van der Waals surface area contributed by atoms with Crippen molar-refractivity contribution in [1.82, 2.24) is 4.98 Å². The molecular weight excluding hydrogens is 1080 g/mol. The molecule has 5 aromatic heterocycles. The Hall–Kier alpha value is -9.53. The molecular formula is C77H42N2S4. The first kappa shape index (κ1) is 46.1. The number of rotatable bonds is 6. The van der Waals surface area contributed by atoms with Crippen molar-refractivity contribution >= 4 is 175 Å². The highest BCUT2D eigenvalue weighted by Crippen LogP contribution is 2.57. The van der Waals surface area contributed by atoms with E-state index in [1.54, 1.807) is 0 Å². The lowest BCUT2D eigenvalue weighted by Crippen LogP contribution is -2.09. The van der Waals surface area contributed by atoms with Gasteiger partial charge in [-0.25, -0.2) is 4.98 Å². The molecule has 0 saturated carbocycles. The monoisotopic (exact) mass is 1120 g/mol. The molecule has 0 radical (unpaired) electrons. The Morgan fingerprint density at radius 1 is 0.229 bits per heavy atom. The van der Waals surface area contributed by atoms with Gasteiger partial charge in [0.2, 0.25) is 0 Å². The molecule has 13 aromatic carbocycles. The summed E-state index contributed by atoms with van der Waals surface area (Å²) in [6, 6.07) is 93.6. The van der Waals surface area contributed by atoms with E-state index in [0.717, 1.165) is 34.0 Å². The van der Waals surface area contributed by atoms with Crippen LogP contribution in [0.5, 0.6) is 0 Å². The van der Waals surface area contributed by atoms with E-state index in [4.69, 9.17) is 4.98 Å². The smallest absolute Gasteiger partial charge is 0.0716 e. The van der Waals surface area contributed by atoms with E-state index >= 15 is 0 Å². The van der Waals surface area contributed by atoms with Crippen LogP contribution in [0.15, 0.2) is 255 Å². The maximum Gasteiger partial charge on any atom is 0.0716 e. The van der Waals surface area contributed by atoms with Crippen LogP contribution in [0, 0.1) is 0 Å². The second-order valence-electron chi connectivity index (χ2n) is 22.0. The van der Waals surface area contributed by atoms with E-state index in [1.165, 1.54) is 152 Å². The van der Waals surface area contributed by atoms with Crippen molar-refractivity contribution in [2.24, 2.45) is 0 Å². The van der Waals surface area contributed by atoms with Gasteiger partial charge in [-0.1, -0.05) is 158 Å². The van der Waals surface area contributed by atoms with Gasteiger partial charge in [0.1, 0.15) is 0 Å². The van der Waals surface area contributed by atoms with E-state index in [1.807, 2.05) is 45.3 Å². The second kappa shape index (κ2) is 17.5. The van der Waals surface area contributed by atoms with E-state index in [9.17, 15) is 0 Å². The lowest BCUT2D eigenvalue weighted by atomic mass is 9.93. The van der Waals surface area contributed by atoms with Crippen LogP contribution < -0.4 is 4.90 Å². The summed E-state index contributed by atoms with van der Waals surface area (Å²) in [5, 5.41) is 19.2. The van der Waals surface area contributed by atoms with Crippen LogP contribution in [0.25, 0.3) is 169 Å². The minimum absolute atomic E-state index is 1.01. The summed E-state index contributed by atoms with van der Waals surface area (Å²) in [6.07, 6.45) is 0. The number of fused-ring (bicyclic) bond motifs is 3. The highest BCUT2D eigenvalue weighted by molar-refractivity contribution is 7.28. The SMILES string of the molecule is c1ccc(-c2cccc(-c3cc4sc5cccc6c5c4c4c3ccc3sc5cccc-6c5c34)n2)cc1.c1ccc(N(c2cccc(-c3cc4sc5cccc6c5c4c4c3ccc3sc5cccc-6c5c34)c2)c2ccc3ccccc3c2)cc1. The number of hydrogen-bond donors (Lipinski definition) is 0. The number of aromatic nitrogens is 1. The summed E-state index contributed by atoms with van der Waals surface area (Å²) in [7, 11) is 0. The van der Waals surface area contributed by atoms with Crippen molar-refractivity contribution in [3.8, 4) is 55.9 Å². The maximum absolute atomic E-state index is 5.17. The zero-order chi connectivity index (χ0) is 54.0. The molecule has 0 aliphatic heterocycles. The first-order chi connectivity index (χ1) is 41.1. The fourth-order valence-corrected chi connectivity index (χ4v) is 18.7. The number of para-hydroxylation sites is 1. The van der Waals surface area contributed by atoms with Gasteiger partial charge in [0.25, 0.3) is 0 Å². The molecule has 0 amide bonds. The summed E-state index contributed by atoms with van der Waals surface area (Å²) in [5.41, 5.74) is 15.8. The Bertz CT molecular complexity index is 5770. The maximum atomic E-state index is 5.17. The van der Waals surface area contributed by atoms with Gasteiger partial charge < -0.3 is 4.90 Å². The van der Waals surface area contributed by atoms with Crippen molar-refractivity contribution in [2.45, 2.75) is 0 Å². The van der Waals surface area contributed by atoms with Crippen LogP contribution in [-0.2, 0) is 0 Å². The molecule has 2 aliphatic rings. The van der Waals surface area contributed by atoms with Gasteiger partial charge in [0.05, 0.1) is 11.4 Å². The predicted octanol–water partition coefficient (Wildman–Crippen LogP) is 24.1. The number of anilines is 3. The van der Waals surface area contributed by atoms with Crippen LogP contribution in [0.4, 0.5) is 17.1 Å². The molecule has 83 heavy (non-hydrogen) atoms. The van der Waals surface area contributed by atoms with Gasteiger partial charge in [-0.05, 0) is 152 Å². The van der Waals surface area contributed by atoms with Crippen LogP contribution in [0.3, 0.4) is 0 Å². The molecule has 18 aromatic rings. The first-order valence-electron chi connectivity index (χ1n) is 28.2. The topological polar surface area (TPSA) is 16.1 Å². The summed E-state index contributed by atoms with van der Waals surface area (Å²) in [5.74, 6) is 0. The quantitative estimate of drug-likeness (QED) is 0.165. The minimum Gasteiger partial charge on any atom is -0.310 e. The van der Waals surface area contributed by atoms with Crippen molar-refractivity contribution in [1.29, 1.82) is 0 Å². The fraction of sp³-hybridized carbons (Fsp3) is 0. The number of nitrogens with zero attached hydrogens (tertiary/aromatic N) is 2. The molecule has 2 aliphatic carbocycles. The van der Waals surface area contributed by atoms with Crippen molar-refractivity contribution < 1.29 is 0 Å². The van der Waals surface area contributed by atoms with E-state index in [0.29, 0.717) is 0 Å². The first-order valence-corrected chi connectivity index (χ1v) is 31.4. The van der Waals surface area contributed by atoms with Crippen molar-refractivity contribution in [2.75, 3.05) is 4.90 Å². The zero-order valence-corrected chi connectivity index (χ0v) is 47.5. The third-order valence-electron chi connectivity index (χ3n) is 17.5. The molecule has 20 rings (SSSR count). The molecule has 0 fully saturated rings. The Balaban J connectivity index is 0.000000127. The zero-order valence-electron chi connectivity index (χ0n) is 44.3. The average molecular weight is 1120 g/mol. The van der Waals surface area contributed by atoms with E-state index in [2.05, 4.69) is 260 Å². The normalized spacial score (nSPS) is 12.3. The molecule has 2 nitrogen and oxygen atoms in total. The molecule has 0 atom stereocenters. The highest BCUT2D eigenvalue weighted by Gasteiger charge is 2.28. The number of thiophene rings is 4. The Labute approximate surface area is 492 Å². The summed E-state index contributed by atoms with van der Waals surface area (Å²) in [6.45, 7) is 0.